The van der Waals surface area contributed by atoms with Gasteiger partial charge in [-0.1, -0.05) is 79.3 Å². The molecule has 2 heterocycles. The summed E-state index contributed by atoms with van der Waals surface area (Å²) in [7, 11) is 0. The molecule has 11 nitrogen and oxygen atoms in total. The second-order valence-electron chi connectivity index (χ2n) is 11.6. The minimum Gasteiger partial charge on any atom is -0.508 e. The minimum atomic E-state index is -0.648. The molecule has 0 aliphatic carbocycles. The Bertz CT molecular complexity index is 1820. The van der Waals surface area contributed by atoms with Gasteiger partial charge in [-0.25, -0.2) is 4.79 Å². The molecule has 2 amide bonds. The summed E-state index contributed by atoms with van der Waals surface area (Å²) >= 11 is 1.49. The number of amides is 2. The first-order valence-electron chi connectivity index (χ1n) is 15.8. The molecule has 0 saturated carbocycles. The smallest absolute Gasteiger partial charge is 0.315 e. The molecule has 1 aromatic heterocycles. The predicted molar refractivity (Wildman–Crippen MR) is 182 cm³/mol. The zero-order valence-electron chi connectivity index (χ0n) is 26.7. The quantitative estimate of drug-likeness (QED) is 0.126. The number of aromatic nitrogens is 4. The summed E-state index contributed by atoms with van der Waals surface area (Å²) in [5.41, 5.74) is 6.45. The van der Waals surface area contributed by atoms with E-state index < -0.39 is 6.29 Å². The molecule has 1 fully saturated rings. The summed E-state index contributed by atoms with van der Waals surface area (Å²) < 4.78 is 15.0. The van der Waals surface area contributed by atoms with Crippen molar-refractivity contribution in [2.24, 2.45) is 5.92 Å². The molecule has 0 spiro atoms. The van der Waals surface area contributed by atoms with Gasteiger partial charge in [0, 0.05) is 30.3 Å². The van der Waals surface area contributed by atoms with Gasteiger partial charge < -0.3 is 30.3 Å². The molecule has 248 valence electrons. The lowest BCUT2D eigenvalue weighted by molar-refractivity contribution is -0.268. The van der Waals surface area contributed by atoms with Crippen molar-refractivity contribution in [1.82, 2.24) is 30.8 Å². The van der Waals surface area contributed by atoms with Crippen LogP contribution in [0, 0.1) is 5.92 Å². The average Bonchev–Trinajstić information content (AvgIpc) is 3.60. The maximum Gasteiger partial charge on any atom is 0.315 e. The molecule has 4 aromatic carbocycles. The fraction of sp³-hybridized carbons (Fsp3) is 0.278. The lowest BCUT2D eigenvalue weighted by Gasteiger charge is -2.41. The Morgan fingerprint density at radius 1 is 0.896 bits per heavy atom. The number of thioether (sulfide) groups is 1. The third kappa shape index (κ3) is 7.85. The van der Waals surface area contributed by atoms with Gasteiger partial charge >= 0.3 is 6.03 Å². The van der Waals surface area contributed by atoms with E-state index in [0.29, 0.717) is 24.0 Å². The third-order valence-electron chi connectivity index (χ3n) is 8.24. The summed E-state index contributed by atoms with van der Waals surface area (Å²) in [6.45, 7) is 4.95. The Morgan fingerprint density at radius 2 is 1.65 bits per heavy atom. The van der Waals surface area contributed by atoms with Crippen molar-refractivity contribution < 1.29 is 24.5 Å². The molecule has 0 bridgehead atoms. The van der Waals surface area contributed by atoms with E-state index in [4.69, 9.17) is 9.47 Å². The van der Waals surface area contributed by atoms with Gasteiger partial charge in [0.25, 0.3) is 0 Å². The summed E-state index contributed by atoms with van der Waals surface area (Å²) in [6.07, 6.45) is -1.15. The molecule has 0 unspecified atom stereocenters. The number of aliphatic hydroxyl groups is 1. The number of urea groups is 1. The molecular weight excluding hydrogens is 629 g/mol. The third-order valence-corrected chi connectivity index (χ3v) is 9.25. The number of aliphatic hydroxyl groups excluding tert-OH is 1. The van der Waals surface area contributed by atoms with Crippen LogP contribution in [0.2, 0.25) is 0 Å². The Labute approximate surface area is 283 Å². The van der Waals surface area contributed by atoms with Crippen LogP contribution >= 0.6 is 11.8 Å². The summed E-state index contributed by atoms with van der Waals surface area (Å²) in [6, 6.07) is 30.6. The first kappa shape index (κ1) is 33.2. The summed E-state index contributed by atoms with van der Waals surface area (Å²) in [5.74, 6) is 0.703. The second-order valence-corrected chi connectivity index (χ2v) is 12.5. The van der Waals surface area contributed by atoms with Crippen molar-refractivity contribution in [3.8, 4) is 22.6 Å². The predicted octanol–water partition coefficient (Wildman–Crippen LogP) is 5.93. The monoisotopic (exact) mass is 666 g/mol. The number of ether oxygens (including phenoxy) is 2. The lowest BCUT2D eigenvalue weighted by atomic mass is 9.91. The van der Waals surface area contributed by atoms with Crippen molar-refractivity contribution >= 4 is 17.8 Å². The normalized spacial score (nSPS) is 19.1. The molecule has 6 rings (SSSR count). The number of phenols is 1. The zero-order chi connectivity index (χ0) is 33.5. The van der Waals surface area contributed by atoms with E-state index in [9.17, 15) is 15.0 Å². The highest BCUT2D eigenvalue weighted by atomic mass is 32.2. The van der Waals surface area contributed by atoms with Crippen molar-refractivity contribution in [2.75, 3.05) is 12.3 Å². The Balaban J connectivity index is 1.25. The first-order chi connectivity index (χ1) is 23.4. The first-order valence-corrected chi connectivity index (χ1v) is 16.8. The Kier molecular flexibility index (Phi) is 10.7. The SMILES string of the molecule is CCNC(=O)NCc1cccc(-c2cccc([C@H]3O[C@@H](CSc4nnnn4-c4ccc(O)cc4)[C@@H](C)[C@@H](c4ccc(CO)cc4)O3)c2)c1. The van der Waals surface area contributed by atoms with Crippen LogP contribution in [-0.2, 0) is 22.6 Å². The largest absolute Gasteiger partial charge is 0.508 e. The Hall–Kier alpha value is -4.75. The van der Waals surface area contributed by atoms with Crippen LogP contribution < -0.4 is 10.6 Å². The van der Waals surface area contributed by atoms with Gasteiger partial charge in [0.1, 0.15) is 5.75 Å². The lowest BCUT2D eigenvalue weighted by Crippen LogP contribution is -2.38. The molecule has 1 aliphatic rings. The maximum absolute atomic E-state index is 11.9. The van der Waals surface area contributed by atoms with E-state index in [1.165, 1.54) is 11.8 Å². The van der Waals surface area contributed by atoms with Crippen LogP contribution in [-0.4, -0.2) is 54.9 Å². The molecule has 4 N–H and O–H groups in total. The molecular formula is C36H38N6O5S. The summed E-state index contributed by atoms with van der Waals surface area (Å²) in [5, 5.41) is 37.9. The molecule has 48 heavy (non-hydrogen) atoms. The van der Waals surface area contributed by atoms with Crippen molar-refractivity contribution in [3.05, 3.63) is 119 Å². The number of carbonyl (C=O) groups excluding carboxylic acids is 1. The van der Waals surface area contributed by atoms with E-state index in [2.05, 4.69) is 45.2 Å². The fourth-order valence-electron chi connectivity index (χ4n) is 5.62. The van der Waals surface area contributed by atoms with E-state index in [1.807, 2.05) is 67.6 Å². The maximum atomic E-state index is 11.9. The molecule has 4 atom stereocenters. The van der Waals surface area contributed by atoms with Crippen LogP contribution in [0.3, 0.4) is 0 Å². The van der Waals surface area contributed by atoms with E-state index in [-0.39, 0.29) is 36.5 Å². The standard InChI is InChI=1S/C36H38N6O5S/c1-3-37-35(45)38-20-25-6-4-7-27(18-25)28-8-5-9-29(19-28)34-46-32(23(2)33(47-34)26-12-10-24(21-43)11-13-26)22-48-36-39-40-41-42(36)30-14-16-31(44)17-15-30/h4-19,23,32-34,43-44H,3,20-22H2,1-2H3,(H2,37,38,45)/t23-,32+,33+,34+/m1/s1. The number of rotatable bonds is 11. The van der Waals surface area contributed by atoms with E-state index in [1.54, 1.807) is 28.9 Å². The van der Waals surface area contributed by atoms with Gasteiger partial charge in [0.15, 0.2) is 6.29 Å². The molecule has 5 aromatic rings. The summed E-state index contributed by atoms with van der Waals surface area (Å²) in [4.78, 5) is 11.9. The van der Waals surface area contributed by atoms with Gasteiger partial charge in [0.2, 0.25) is 5.16 Å². The fourth-order valence-corrected chi connectivity index (χ4v) is 6.68. The number of carbonyl (C=O) groups is 1. The van der Waals surface area contributed by atoms with Crippen molar-refractivity contribution in [2.45, 2.75) is 50.7 Å². The van der Waals surface area contributed by atoms with Crippen molar-refractivity contribution in [1.29, 1.82) is 0 Å². The molecule has 0 radical (unpaired) electrons. The number of benzene rings is 4. The van der Waals surface area contributed by atoms with Gasteiger partial charge in [-0.05, 0) is 81.6 Å². The molecule has 1 aliphatic heterocycles. The van der Waals surface area contributed by atoms with Crippen LogP contribution in [0.25, 0.3) is 16.8 Å². The number of hydrogen-bond acceptors (Lipinski definition) is 9. The highest BCUT2D eigenvalue weighted by Crippen LogP contribution is 2.43. The number of hydrogen-bond donors (Lipinski definition) is 4. The average molecular weight is 667 g/mol. The van der Waals surface area contributed by atoms with Gasteiger partial charge in [0.05, 0.1) is 24.5 Å². The Morgan fingerprint density at radius 3 is 2.40 bits per heavy atom. The van der Waals surface area contributed by atoms with Crippen LogP contribution in [0.1, 0.15) is 48.5 Å². The van der Waals surface area contributed by atoms with Gasteiger partial charge in [-0.15, -0.1) is 5.10 Å². The molecule has 12 heteroatoms. The van der Waals surface area contributed by atoms with Gasteiger partial charge in [-0.3, -0.25) is 0 Å². The van der Waals surface area contributed by atoms with E-state index >= 15 is 0 Å². The number of phenolic OH excluding ortho intramolecular Hbond substituents is 1. The van der Waals surface area contributed by atoms with Crippen LogP contribution in [0.5, 0.6) is 5.75 Å². The van der Waals surface area contributed by atoms with E-state index in [0.717, 1.165) is 39.1 Å². The zero-order valence-corrected chi connectivity index (χ0v) is 27.5. The van der Waals surface area contributed by atoms with Gasteiger partial charge in [-0.2, -0.15) is 4.68 Å². The highest BCUT2D eigenvalue weighted by Gasteiger charge is 2.38. The number of nitrogens with one attached hydrogen (secondary N) is 2. The van der Waals surface area contributed by atoms with Crippen LogP contribution in [0.15, 0.2) is 102 Å². The number of tetrazole rings is 1. The molecule has 1 saturated heterocycles. The topological polar surface area (TPSA) is 144 Å². The number of nitrogens with zero attached hydrogens (tertiary/aromatic N) is 4. The minimum absolute atomic E-state index is 0.0241. The van der Waals surface area contributed by atoms with Crippen LogP contribution in [0.4, 0.5) is 4.79 Å². The second kappa shape index (κ2) is 15.4. The number of aromatic hydroxyl groups is 1. The highest BCUT2D eigenvalue weighted by molar-refractivity contribution is 7.99. The van der Waals surface area contributed by atoms with Crippen molar-refractivity contribution in [3.63, 3.8) is 0 Å².